The van der Waals surface area contributed by atoms with Crippen LogP contribution >= 0.6 is 0 Å². The zero-order valence-corrected chi connectivity index (χ0v) is 14.2. The summed E-state index contributed by atoms with van der Waals surface area (Å²) in [6.45, 7) is 3.57. The zero-order valence-electron chi connectivity index (χ0n) is 14.2. The highest BCUT2D eigenvalue weighted by molar-refractivity contribution is 5.94. The first-order chi connectivity index (χ1) is 12.2. The van der Waals surface area contributed by atoms with Gasteiger partial charge in [0.25, 0.3) is 5.91 Å². The molecular formula is C19H21N5O. The van der Waals surface area contributed by atoms with Gasteiger partial charge in [-0.1, -0.05) is 0 Å². The van der Waals surface area contributed by atoms with Crippen molar-refractivity contribution in [1.29, 1.82) is 0 Å². The Kier molecular flexibility index (Phi) is 4.09. The number of rotatable bonds is 4. The van der Waals surface area contributed by atoms with Crippen molar-refractivity contribution in [3.8, 4) is 5.69 Å². The van der Waals surface area contributed by atoms with Gasteiger partial charge in [-0.15, -0.1) is 0 Å². The van der Waals surface area contributed by atoms with Gasteiger partial charge in [0, 0.05) is 30.7 Å². The second-order valence-corrected chi connectivity index (χ2v) is 6.53. The third kappa shape index (κ3) is 3.20. The molecule has 0 radical (unpaired) electrons. The van der Waals surface area contributed by atoms with E-state index in [1.54, 1.807) is 6.20 Å². The molecule has 1 aliphatic heterocycles. The summed E-state index contributed by atoms with van der Waals surface area (Å²) in [5.41, 5.74) is 2.79. The normalized spacial score (nSPS) is 17.2. The first-order valence-corrected chi connectivity index (χ1v) is 8.61. The summed E-state index contributed by atoms with van der Waals surface area (Å²) >= 11 is 0. The number of likely N-dealkylation sites (tertiary alicyclic amines) is 1. The highest BCUT2D eigenvalue weighted by Crippen LogP contribution is 2.22. The van der Waals surface area contributed by atoms with Gasteiger partial charge in [-0.05, 0) is 55.7 Å². The molecule has 1 fully saturated rings. The van der Waals surface area contributed by atoms with Crippen molar-refractivity contribution in [3.05, 3.63) is 66.2 Å². The van der Waals surface area contributed by atoms with Gasteiger partial charge in [-0.25, -0.2) is 4.68 Å². The molecule has 0 saturated carbocycles. The number of aryl methyl sites for hydroxylation is 1. The van der Waals surface area contributed by atoms with E-state index in [9.17, 15) is 4.79 Å². The highest BCUT2D eigenvalue weighted by atomic mass is 16.2. The molecule has 0 spiro atoms. The number of nitrogens with zero attached hydrogens (tertiary/aromatic N) is 5. The van der Waals surface area contributed by atoms with E-state index in [0.717, 1.165) is 42.7 Å². The average Bonchev–Trinajstić information content (AvgIpc) is 3.37. The minimum Gasteiger partial charge on any atom is -0.334 e. The summed E-state index contributed by atoms with van der Waals surface area (Å²) in [5, 5.41) is 8.57. The van der Waals surface area contributed by atoms with E-state index in [-0.39, 0.29) is 11.9 Å². The van der Waals surface area contributed by atoms with Gasteiger partial charge < -0.3 is 4.90 Å². The second-order valence-electron chi connectivity index (χ2n) is 6.53. The van der Waals surface area contributed by atoms with E-state index in [0.29, 0.717) is 0 Å². The van der Waals surface area contributed by atoms with E-state index in [1.807, 2.05) is 70.1 Å². The minimum atomic E-state index is 0.0952. The average molecular weight is 335 g/mol. The third-order valence-electron chi connectivity index (χ3n) is 4.69. The molecule has 6 heteroatoms. The van der Waals surface area contributed by atoms with Crippen LogP contribution in [0.15, 0.2) is 55.1 Å². The molecule has 1 unspecified atom stereocenters. The number of benzene rings is 1. The molecule has 0 aliphatic carbocycles. The maximum Gasteiger partial charge on any atom is 0.254 e. The van der Waals surface area contributed by atoms with Gasteiger partial charge >= 0.3 is 0 Å². The zero-order chi connectivity index (χ0) is 17.2. The number of amides is 1. The molecule has 1 atom stereocenters. The molecule has 3 heterocycles. The molecular weight excluding hydrogens is 314 g/mol. The van der Waals surface area contributed by atoms with Gasteiger partial charge in [0.1, 0.15) is 0 Å². The molecule has 6 nitrogen and oxygen atoms in total. The number of hydrogen-bond acceptors (Lipinski definition) is 3. The van der Waals surface area contributed by atoms with E-state index in [1.165, 1.54) is 0 Å². The summed E-state index contributed by atoms with van der Waals surface area (Å²) < 4.78 is 3.72. The van der Waals surface area contributed by atoms with Crippen molar-refractivity contribution in [2.24, 2.45) is 0 Å². The molecule has 0 N–H and O–H groups in total. The molecule has 1 aliphatic rings. The number of carbonyl (C=O) groups excluding carboxylic acids is 1. The monoisotopic (exact) mass is 335 g/mol. The molecule has 25 heavy (non-hydrogen) atoms. The van der Waals surface area contributed by atoms with Gasteiger partial charge in [0.2, 0.25) is 0 Å². The Morgan fingerprint density at radius 2 is 2.08 bits per heavy atom. The lowest BCUT2D eigenvalue weighted by molar-refractivity contribution is 0.0721. The molecule has 128 valence electrons. The first-order valence-electron chi connectivity index (χ1n) is 8.61. The second kappa shape index (κ2) is 6.55. The lowest BCUT2D eigenvalue weighted by Crippen LogP contribution is -2.38. The maximum atomic E-state index is 12.9. The molecule has 4 rings (SSSR count). The van der Waals surface area contributed by atoms with Crippen LogP contribution in [0.3, 0.4) is 0 Å². The lowest BCUT2D eigenvalue weighted by Gasteiger charge is -2.25. The molecule has 0 bridgehead atoms. The smallest absolute Gasteiger partial charge is 0.254 e. The van der Waals surface area contributed by atoms with Crippen molar-refractivity contribution in [2.75, 3.05) is 6.54 Å². The van der Waals surface area contributed by atoms with Crippen molar-refractivity contribution in [1.82, 2.24) is 24.5 Å². The lowest BCUT2D eigenvalue weighted by atomic mass is 10.1. The van der Waals surface area contributed by atoms with Crippen LogP contribution in [0.4, 0.5) is 0 Å². The fourth-order valence-electron chi connectivity index (χ4n) is 3.39. The highest BCUT2D eigenvalue weighted by Gasteiger charge is 2.29. The summed E-state index contributed by atoms with van der Waals surface area (Å²) in [5.74, 6) is 0.0952. The molecule has 1 aromatic carbocycles. The minimum absolute atomic E-state index is 0.0952. The van der Waals surface area contributed by atoms with Crippen LogP contribution in [0, 0.1) is 6.92 Å². The first kappa shape index (κ1) is 15.6. The third-order valence-corrected chi connectivity index (χ3v) is 4.69. The fourth-order valence-corrected chi connectivity index (χ4v) is 3.39. The Balaban J connectivity index is 1.49. The van der Waals surface area contributed by atoms with Crippen LogP contribution in [-0.4, -0.2) is 43.0 Å². The predicted octanol–water partition coefficient (Wildman–Crippen LogP) is 2.68. The van der Waals surface area contributed by atoms with E-state index in [2.05, 4.69) is 10.2 Å². The largest absolute Gasteiger partial charge is 0.334 e. The Morgan fingerprint density at radius 1 is 1.24 bits per heavy atom. The Hall–Kier alpha value is -2.89. The summed E-state index contributed by atoms with van der Waals surface area (Å²) in [6, 6.07) is 9.78. The summed E-state index contributed by atoms with van der Waals surface area (Å²) in [6.07, 6.45) is 9.58. The van der Waals surface area contributed by atoms with Crippen LogP contribution in [0.25, 0.3) is 5.69 Å². The quantitative estimate of drug-likeness (QED) is 0.736. The van der Waals surface area contributed by atoms with Crippen LogP contribution in [0.1, 0.15) is 28.8 Å². The number of carbonyl (C=O) groups is 1. The Morgan fingerprint density at radius 3 is 2.76 bits per heavy atom. The van der Waals surface area contributed by atoms with Crippen LogP contribution in [0.2, 0.25) is 0 Å². The van der Waals surface area contributed by atoms with E-state index >= 15 is 0 Å². The Labute approximate surface area is 146 Å². The van der Waals surface area contributed by atoms with Crippen molar-refractivity contribution in [2.45, 2.75) is 32.4 Å². The van der Waals surface area contributed by atoms with Gasteiger partial charge in [0.15, 0.2) is 0 Å². The summed E-state index contributed by atoms with van der Waals surface area (Å²) in [7, 11) is 0. The van der Waals surface area contributed by atoms with Crippen molar-refractivity contribution < 1.29 is 4.79 Å². The van der Waals surface area contributed by atoms with Crippen LogP contribution < -0.4 is 0 Å². The summed E-state index contributed by atoms with van der Waals surface area (Å²) in [4.78, 5) is 14.9. The van der Waals surface area contributed by atoms with Gasteiger partial charge in [-0.2, -0.15) is 10.2 Å². The van der Waals surface area contributed by atoms with E-state index in [4.69, 9.17) is 0 Å². The standard InChI is InChI=1S/C19H21N5O/c1-15-12-21-24(13-15)17-7-5-16(6-8-17)19(25)23-11-2-4-18(23)14-22-10-3-9-20-22/h3,5-10,12-13,18H,2,4,11,14H2,1H3. The molecule has 2 aromatic heterocycles. The van der Waals surface area contributed by atoms with Crippen LogP contribution in [0.5, 0.6) is 0 Å². The topological polar surface area (TPSA) is 56.0 Å². The van der Waals surface area contributed by atoms with Gasteiger partial charge in [-0.3, -0.25) is 9.48 Å². The number of hydrogen-bond donors (Lipinski definition) is 0. The molecule has 1 amide bonds. The fraction of sp³-hybridized carbons (Fsp3) is 0.316. The van der Waals surface area contributed by atoms with E-state index < -0.39 is 0 Å². The molecule has 3 aromatic rings. The maximum absolute atomic E-state index is 12.9. The molecule has 1 saturated heterocycles. The SMILES string of the molecule is Cc1cnn(-c2ccc(C(=O)N3CCCC3Cn3cccn3)cc2)c1. The van der Waals surface area contributed by atoms with Gasteiger partial charge in [0.05, 0.1) is 24.5 Å². The predicted molar refractivity (Wildman–Crippen MR) is 94.6 cm³/mol. The number of aromatic nitrogens is 4. The van der Waals surface area contributed by atoms with Crippen LogP contribution in [-0.2, 0) is 6.54 Å². The van der Waals surface area contributed by atoms with Crippen molar-refractivity contribution in [3.63, 3.8) is 0 Å². The van der Waals surface area contributed by atoms with Crippen molar-refractivity contribution >= 4 is 5.91 Å². The Bertz CT molecular complexity index is 850.